The summed E-state index contributed by atoms with van der Waals surface area (Å²) in [5, 5.41) is 50.6. The van der Waals surface area contributed by atoms with E-state index in [-0.39, 0.29) is 22.9 Å². The summed E-state index contributed by atoms with van der Waals surface area (Å²) in [6, 6.07) is 66.9. The van der Waals surface area contributed by atoms with Crippen molar-refractivity contribution in [1.82, 2.24) is 19.9 Å². The maximum Gasteiger partial charge on any atom is 0.387 e. The lowest BCUT2D eigenvalue weighted by molar-refractivity contribution is -0.0493. The first-order valence-corrected chi connectivity index (χ1v) is 29.2. The van der Waals surface area contributed by atoms with Crippen molar-refractivity contribution in [1.29, 1.82) is 21.0 Å². The Balaban J connectivity index is 0.000000149. The van der Waals surface area contributed by atoms with E-state index in [0.29, 0.717) is 63.5 Å². The SMILES string of the molecule is CCOc1ccc(N(C)c2cc(C#N)nc3ccccc23)cc1N.CN(c1ccc(OC(F)F)c(N)c1)c1cc(C#N)nc2ccccc12.COc1ccc(N(C)c2cc(C#N)nc3ccccc23)cc1N.COc1ccc(N(C)c2cc(C#N)nc3ccccc23)cc1O. The van der Waals surface area contributed by atoms with Crippen molar-refractivity contribution in [3.05, 3.63) is 217 Å². The number of nitrogens with two attached hydrogens (primary N) is 3. The van der Waals surface area contributed by atoms with E-state index < -0.39 is 6.61 Å². The van der Waals surface area contributed by atoms with E-state index in [0.717, 1.165) is 77.9 Å². The largest absolute Gasteiger partial charge is 0.504 e. The molecule has 4 aromatic heterocycles. The molecule has 22 heteroatoms. The third kappa shape index (κ3) is 15.2. The molecule has 0 bridgehead atoms. The van der Waals surface area contributed by atoms with Crippen LogP contribution in [0.15, 0.2) is 194 Å². The fourth-order valence-corrected chi connectivity index (χ4v) is 10.3. The van der Waals surface area contributed by atoms with Gasteiger partial charge in [-0.25, -0.2) is 19.9 Å². The molecule has 0 fully saturated rings. The lowest BCUT2D eigenvalue weighted by Gasteiger charge is -2.22. The molecule has 7 N–H and O–H groups in total. The van der Waals surface area contributed by atoms with Crippen LogP contribution in [0.1, 0.15) is 29.7 Å². The first-order valence-electron chi connectivity index (χ1n) is 29.2. The Morgan fingerprint density at radius 2 is 0.695 bits per heavy atom. The summed E-state index contributed by atoms with van der Waals surface area (Å²) in [4.78, 5) is 25.0. The third-order valence-electron chi connectivity index (χ3n) is 15.1. The number of methoxy groups -OCH3 is 2. The zero-order valence-corrected chi connectivity index (χ0v) is 52.7. The number of fused-ring (bicyclic) bond motifs is 4. The Bertz CT molecular complexity index is 4820. The number of aromatic hydroxyl groups is 1. The predicted octanol–water partition coefficient (Wildman–Crippen LogP) is 15.0. The molecule has 12 rings (SSSR count). The molecule has 4 heterocycles. The van der Waals surface area contributed by atoms with E-state index in [4.69, 9.17) is 31.4 Å². The lowest BCUT2D eigenvalue weighted by atomic mass is 10.1. The van der Waals surface area contributed by atoms with Crippen molar-refractivity contribution in [2.75, 3.05) is 85.8 Å². The molecule has 0 atom stereocenters. The second-order valence-electron chi connectivity index (χ2n) is 20.9. The van der Waals surface area contributed by atoms with Crippen LogP contribution in [0.3, 0.4) is 0 Å². The number of nitrogen functional groups attached to an aromatic ring is 3. The Kier molecular flexibility index (Phi) is 21.0. The number of nitriles is 4. The van der Waals surface area contributed by atoms with Gasteiger partial charge in [-0.3, -0.25) is 0 Å². The molecule has 0 unspecified atom stereocenters. The van der Waals surface area contributed by atoms with Crippen LogP contribution in [-0.4, -0.2) is 80.7 Å². The number of alkyl halides is 2. The van der Waals surface area contributed by atoms with Crippen LogP contribution in [-0.2, 0) is 0 Å². The molecule has 0 saturated carbocycles. The first-order chi connectivity index (χ1) is 45.9. The molecule has 0 radical (unpaired) electrons. The van der Waals surface area contributed by atoms with Crippen molar-refractivity contribution in [2.24, 2.45) is 0 Å². The van der Waals surface area contributed by atoms with Crippen LogP contribution < -0.4 is 55.7 Å². The van der Waals surface area contributed by atoms with Gasteiger partial charge in [0.1, 0.15) is 64.3 Å². The number of phenolic OH excluding ortho intramolecular Hbond substituents is 1. The van der Waals surface area contributed by atoms with Gasteiger partial charge in [-0.1, -0.05) is 72.8 Å². The van der Waals surface area contributed by atoms with Gasteiger partial charge in [0, 0.05) is 78.6 Å². The van der Waals surface area contributed by atoms with Gasteiger partial charge in [0.15, 0.2) is 11.5 Å². The quantitative estimate of drug-likeness (QED) is 0.0736. The predicted molar refractivity (Wildman–Crippen MR) is 370 cm³/mol. The molecular formula is C73H63F2N15O5. The molecule has 95 heavy (non-hydrogen) atoms. The van der Waals surface area contributed by atoms with E-state index in [1.54, 1.807) is 62.7 Å². The average molecular weight is 1270 g/mol. The second-order valence-corrected chi connectivity index (χ2v) is 20.9. The molecule has 12 aromatic rings. The van der Waals surface area contributed by atoms with Crippen LogP contribution >= 0.6 is 0 Å². The Hall–Kier alpha value is -13.2. The Labute approximate surface area is 546 Å². The molecule has 0 aliphatic carbocycles. The third-order valence-corrected chi connectivity index (χ3v) is 15.1. The summed E-state index contributed by atoms with van der Waals surface area (Å²) in [7, 11) is 10.6. The highest BCUT2D eigenvalue weighted by Crippen LogP contribution is 2.40. The Morgan fingerprint density at radius 3 is 0.968 bits per heavy atom. The highest BCUT2D eigenvalue weighted by molar-refractivity contribution is 5.98. The molecule has 474 valence electrons. The summed E-state index contributed by atoms with van der Waals surface area (Å²) in [5.74, 6) is 1.71. The monoisotopic (exact) mass is 1270 g/mol. The minimum absolute atomic E-state index is 0.0655. The van der Waals surface area contributed by atoms with Crippen molar-refractivity contribution < 1.29 is 32.8 Å². The Morgan fingerprint density at radius 1 is 0.411 bits per heavy atom. The summed E-state index contributed by atoms with van der Waals surface area (Å²) < 4.78 is 44.8. The average Bonchev–Trinajstić information content (AvgIpc) is 0.894. The number of ether oxygens (including phenoxy) is 4. The van der Waals surface area contributed by atoms with Crippen LogP contribution in [0, 0.1) is 45.3 Å². The number of aromatic nitrogens is 4. The summed E-state index contributed by atoms with van der Waals surface area (Å²) in [6.45, 7) is -0.445. The minimum atomic E-state index is -2.94. The first kappa shape index (κ1) is 66.2. The number of anilines is 11. The number of benzene rings is 8. The highest BCUT2D eigenvalue weighted by Gasteiger charge is 2.19. The van der Waals surface area contributed by atoms with E-state index in [2.05, 4.69) is 42.9 Å². The maximum atomic E-state index is 12.4. The number of hydrogen-bond acceptors (Lipinski definition) is 20. The van der Waals surface area contributed by atoms with Gasteiger partial charge in [0.2, 0.25) is 0 Å². The molecule has 0 amide bonds. The van der Waals surface area contributed by atoms with Crippen LogP contribution in [0.2, 0.25) is 0 Å². The van der Waals surface area contributed by atoms with Gasteiger partial charge in [-0.2, -0.15) is 29.8 Å². The topological polar surface area (TPSA) is 295 Å². The maximum absolute atomic E-state index is 12.4. The smallest absolute Gasteiger partial charge is 0.387 e. The van der Waals surface area contributed by atoms with Gasteiger partial charge in [-0.05, 0) is 122 Å². The number of nitrogens with zero attached hydrogens (tertiary/aromatic N) is 12. The van der Waals surface area contributed by atoms with E-state index in [1.165, 1.54) is 13.2 Å². The molecule has 20 nitrogen and oxygen atoms in total. The molecular weight excluding hydrogens is 1200 g/mol. The zero-order valence-electron chi connectivity index (χ0n) is 52.7. The fraction of sp³-hybridized carbons (Fsp3) is 0.123. The van der Waals surface area contributed by atoms with E-state index in [9.17, 15) is 34.9 Å². The summed E-state index contributed by atoms with van der Waals surface area (Å²) >= 11 is 0. The number of pyridine rings is 4. The molecule has 8 aromatic carbocycles. The van der Waals surface area contributed by atoms with Crippen LogP contribution in [0.25, 0.3) is 43.6 Å². The van der Waals surface area contributed by atoms with E-state index in [1.807, 2.05) is 193 Å². The fourth-order valence-electron chi connectivity index (χ4n) is 10.3. The molecule has 0 aliphatic heterocycles. The minimum Gasteiger partial charge on any atom is -0.504 e. The van der Waals surface area contributed by atoms with Crippen LogP contribution in [0.4, 0.5) is 71.3 Å². The van der Waals surface area contributed by atoms with Gasteiger partial charge in [-0.15, -0.1) is 0 Å². The molecule has 0 saturated heterocycles. The zero-order chi connectivity index (χ0) is 67.9. The number of phenols is 1. The van der Waals surface area contributed by atoms with Gasteiger partial charge < -0.3 is 60.9 Å². The lowest BCUT2D eigenvalue weighted by Crippen LogP contribution is -2.12. The second kappa shape index (κ2) is 30.1. The number of hydrogen-bond donors (Lipinski definition) is 4. The number of rotatable bonds is 14. The van der Waals surface area contributed by atoms with Crippen molar-refractivity contribution >= 4 is 106 Å². The number of halogens is 2. The van der Waals surface area contributed by atoms with Crippen molar-refractivity contribution in [2.45, 2.75) is 13.5 Å². The van der Waals surface area contributed by atoms with Gasteiger partial charge in [0.25, 0.3) is 0 Å². The van der Waals surface area contributed by atoms with E-state index >= 15 is 0 Å². The summed E-state index contributed by atoms with van der Waals surface area (Å²) in [5.41, 5.74) is 30.2. The number of para-hydroxylation sites is 4. The normalized spacial score (nSPS) is 10.4. The van der Waals surface area contributed by atoms with Crippen molar-refractivity contribution in [3.63, 3.8) is 0 Å². The standard InChI is InChI=1S/C19H18N4O.C18H14F2N4O.C18H16N4O.C18H15N3O2/c1-3-24-19-9-8-14(11-16(19)21)23(2)18-10-13(12-20)22-17-7-5-4-6-15(17)18;1-24(12-6-7-17(14(22)9-12)25-18(19)20)16-8-11(10-21)23-15-5-3-2-4-13(15)16;1-22(13-7-8-18(23-2)15(20)10-13)17-9-12(11-19)21-16-6-4-3-5-14(16)17;1-21(13-7-8-18(23-2)17(22)10-13)16-9-12(11-19)20-15-6-4-3-5-14(15)16/h4-11H,3,21H2,1-2H3;2-9,18H,22H2,1H3;3-10H,20H2,1-2H3;3-10,22H,1-2H3. The van der Waals surface area contributed by atoms with Crippen molar-refractivity contribution in [3.8, 4) is 53.0 Å². The van der Waals surface area contributed by atoms with Gasteiger partial charge in [0.05, 0.1) is 82.7 Å². The molecule has 0 spiro atoms. The van der Waals surface area contributed by atoms with Crippen LogP contribution in [0.5, 0.6) is 28.7 Å². The molecule has 0 aliphatic rings. The summed E-state index contributed by atoms with van der Waals surface area (Å²) in [6.07, 6.45) is 0. The highest BCUT2D eigenvalue weighted by atomic mass is 19.3. The van der Waals surface area contributed by atoms with Gasteiger partial charge >= 0.3 is 6.61 Å².